The fraction of sp³-hybridized carbons (Fsp3) is 0.400. The van der Waals surface area contributed by atoms with Crippen LogP contribution in [0.15, 0.2) is 24.3 Å². The van der Waals surface area contributed by atoms with E-state index < -0.39 is 0 Å². The molecule has 0 N–H and O–H groups in total. The van der Waals surface area contributed by atoms with Crippen molar-refractivity contribution in [2.24, 2.45) is 0 Å². The van der Waals surface area contributed by atoms with Gasteiger partial charge < -0.3 is 14.4 Å². The minimum atomic E-state index is -0.107. The van der Waals surface area contributed by atoms with Gasteiger partial charge in [-0.2, -0.15) is 5.10 Å². The average molecular weight is 390 g/mol. The molecule has 1 aliphatic heterocycles. The lowest BCUT2D eigenvalue weighted by Crippen LogP contribution is -2.24. The Morgan fingerprint density at radius 2 is 2.15 bits per heavy atom. The molecule has 1 aliphatic rings. The van der Waals surface area contributed by atoms with Gasteiger partial charge >= 0.3 is 0 Å². The fourth-order valence-electron chi connectivity index (χ4n) is 2.89. The van der Waals surface area contributed by atoms with E-state index in [4.69, 9.17) is 21.1 Å². The number of aromatic nitrogens is 2. The molecule has 6 nitrogen and oxygen atoms in total. The summed E-state index contributed by atoms with van der Waals surface area (Å²) in [6, 6.07) is 5.69. The Hall–Kier alpha value is -2.47. The van der Waals surface area contributed by atoms with Gasteiger partial charge in [0.2, 0.25) is 12.7 Å². The summed E-state index contributed by atoms with van der Waals surface area (Å²) in [5.41, 5.74) is 2.58. The van der Waals surface area contributed by atoms with Gasteiger partial charge in [-0.3, -0.25) is 9.48 Å². The molecule has 2 aromatic rings. The van der Waals surface area contributed by atoms with E-state index in [0.717, 1.165) is 42.0 Å². The molecule has 0 atom stereocenters. The molecule has 0 aliphatic carbocycles. The standard InChI is InChI=1S/C20H24ClN3O3/c1-4-5-10-24-20(21)16(14(2)22-24)7-9-19(25)23(3)12-15-6-8-17-18(11-15)27-13-26-17/h6-9,11H,4-5,10,12-13H2,1-3H3/b9-7+. The van der Waals surface area contributed by atoms with E-state index in [0.29, 0.717) is 17.4 Å². The van der Waals surface area contributed by atoms with E-state index in [9.17, 15) is 4.79 Å². The van der Waals surface area contributed by atoms with Crippen LogP contribution in [-0.4, -0.2) is 34.4 Å². The van der Waals surface area contributed by atoms with Crippen molar-refractivity contribution in [2.75, 3.05) is 13.8 Å². The number of ether oxygens (including phenoxy) is 2. The number of aryl methyl sites for hydroxylation is 2. The molecule has 1 aromatic carbocycles. The second-order valence-electron chi connectivity index (χ2n) is 6.58. The number of carbonyl (C=O) groups is 1. The fourth-order valence-corrected chi connectivity index (χ4v) is 3.21. The quantitative estimate of drug-likeness (QED) is 0.670. The third-order valence-corrected chi connectivity index (χ3v) is 4.86. The zero-order valence-corrected chi connectivity index (χ0v) is 16.6. The van der Waals surface area contributed by atoms with Crippen LogP contribution < -0.4 is 9.47 Å². The van der Waals surface area contributed by atoms with Crippen molar-refractivity contribution in [1.29, 1.82) is 0 Å². The Kier molecular flexibility index (Phi) is 6.06. The SMILES string of the molecule is CCCCn1nc(C)c(/C=C/C(=O)N(C)Cc2ccc3c(c2)OCO3)c1Cl. The zero-order valence-electron chi connectivity index (χ0n) is 15.9. The van der Waals surface area contributed by atoms with Gasteiger partial charge in [0.25, 0.3) is 0 Å². The molecule has 0 radical (unpaired) electrons. The van der Waals surface area contributed by atoms with Gasteiger partial charge in [-0.25, -0.2) is 0 Å². The van der Waals surface area contributed by atoms with Gasteiger partial charge in [0.1, 0.15) is 5.15 Å². The number of likely N-dealkylation sites (N-methyl/N-ethyl adjacent to an activating group) is 1. The monoisotopic (exact) mass is 389 g/mol. The molecule has 1 aromatic heterocycles. The summed E-state index contributed by atoms with van der Waals surface area (Å²) in [6.45, 7) is 5.52. The van der Waals surface area contributed by atoms with Crippen LogP contribution in [-0.2, 0) is 17.9 Å². The number of nitrogens with zero attached hydrogens (tertiary/aromatic N) is 3. The maximum absolute atomic E-state index is 12.5. The van der Waals surface area contributed by atoms with Crippen molar-refractivity contribution in [3.63, 3.8) is 0 Å². The number of hydrogen-bond acceptors (Lipinski definition) is 4. The number of fused-ring (bicyclic) bond motifs is 1. The van der Waals surface area contributed by atoms with Crippen molar-refractivity contribution in [3.05, 3.63) is 46.2 Å². The summed E-state index contributed by atoms with van der Waals surface area (Å²) in [5.74, 6) is 1.34. The van der Waals surface area contributed by atoms with E-state index in [1.165, 1.54) is 6.08 Å². The Labute approximate surface area is 164 Å². The lowest BCUT2D eigenvalue weighted by atomic mass is 10.2. The van der Waals surface area contributed by atoms with Crippen LogP contribution in [0.25, 0.3) is 6.08 Å². The molecule has 144 valence electrons. The van der Waals surface area contributed by atoms with Gasteiger partial charge in [-0.1, -0.05) is 31.0 Å². The minimum Gasteiger partial charge on any atom is -0.454 e. The number of rotatable bonds is 7. The van der Waals surface area contributed by atoms with Crippen LogP contribution in [0, 0.1) is 6.92 Å². The van der Waals surface area contributed by atoms with Gasteiger partial charge in [0.05, 0.1) is 5.69 Å². The number of amides is 1. The third-order valence-electron chi connectivity index (χ3n) is 4.46. The average Bonchev–Trinajstić information content (AvgIpc) is 3.22. The normalized spacial score (nSPS) is 12.7. The predicted molar refractivity (Wildman–Crippen MR) is 105 cm³/mol. The smallest absolute Gasteiger partial charge is 0.246 e. The van der Waals surface area contributed by atoms with Crippen molar-refractivity contribution >= 4 is 23.6 Å². The molecule has 0 saturated heterocycles. The molecule has 0 bridgehead atoms. The van der Waals surface area contributed by atoms with Crippen LogP contribution in [0.2, 0.25) is 5.15 Å². The molecular formula is C20H24ClN3O3. The number of carbonyl (C=O) groups excluding carboxylic acids is 1. The summed E-state index contributed by atoms with van der Waals surface area (Å²) < 4.78 is 12.5. The first-order valence-corrected chi connectivity index (χ1v) is 9.42. The summed E-state index contributed by atoms with van der Waals surface area (Å²) in [4.78, 5) is 14.1. The van der Waals surface area contributed by atoms with Crippen molar-refractivity contribution < 1.29 is 14.3 Å². The van der Waals surface area contributed by atoms with Crippen molar-refractivity contribution in [3.8, 4) is 11.5 Å². The maximum atomic E-state index is 12.5. The number of halogens is 1. The Morgan fingerprint density at radius 1 is 1.37 bits per heavy atom. The van der Waals surface area contributed by atoms with Crippen LogP contribution in [0.3, 0.4) is 0 Å². The lowest BCUT2D eigenvalue weighted by molar-refractivity contribution is -0.125. The first-order chi connectivity index (χ1) is 13.0. The molecule has 0 unspecified atom stereocenters. The molecule has 3 rings (SSSR count). The molecule has 0 spiro atoms. The number of benzene rings is 1. The van der Waals surface area contributed by atoms with E-state index in [2.05, 4.69) is 12.0 Å². The van der Waals surface area contributed by atoms with Crippen LogP contribution in [0.5, 0.6) is 11.5 Å². The minimum absolute atomic E-state index is 0.107. The summed E-state index contributed by atoms with van der Waals surface area (Å²) in [6.07, 6.45) is 5.36. The highest BCUT2D eigenvalue weighted by Crippen LogP contribution is 2.32. The zero-order chi connectivity index (χ0) is 19.4. The lowest BCUT2D eigenvalue weighted by Gasteiger charge is -2.15. The van der Waals surface area contributed by atoms with Crippen LogP contribution >= 0.6 is 11.6 Å². The molecule has 27 heavy (non-hydrogen) atoms. The number of hydrogen-bond donors (Lipinski definition) is 0. The maximum Gasteiger partial charge on any atom is 0.246 e. The molecule has 7 heteroatoms. The van der Waals surface area contributed by atoms with E-state index in [1.807, 2.05) is 25.1 Å². The van der Waals surface area contributed by atoms with Gasteiger partial charge in [0, 0.05) is 31.8 Å². The largest absolute Gasteiger partial charge is 0.454 e. The highest BCUT2D eigenvalue weighted by Gasteiger charge is 2.15. The summed E-state index contributed by atoms with van der Waals surface area (Å²) in [5, 5.41) is 5.03. The van der Waals surface area contributed by atoms with Crippen LogP contribution in [0.4, 0.5) is 0 Å². The molecular weight excluding hydrogens is 366 g/mol. The Bertz CT molecular complexity index is 860. The van der Waals surface area contributed by atoms with E-state index in [-0.39, 0.29) is 12.7 Å². The summed E-state index contributed by atoms with van der Waals surface area (Å²) in [7, 11) is 1.76. The number of unbranched alkanes of at least 4 members (excludes halogenated alkanes) is 1. The van der Waals surface area contributed by atoms with Crippen molar-refractivity contribution in [1.82, 2.24) is 14.7 Å². The topological polar surface area (TPSA) is 56.6 Å². The first kappa shape index (κ1) is 19.3. The second kappa shape index (κ2) is 8.48. The third kappa shape index (κ3) is 4.45. The molecule has 2 heterocycles. The van der Waals surface area contributed by atoms with Gasteiger partial charge in [0.15, 0.2) is 11.5 Å². The van der Waals surface area contributed by atoms with Gasteiger partial charge in [-0.05, 0) is 37.1 Å². The Balaban J connectivity index is 1.65. The van der Waals surface area contributed by atoms with E-state index in [1.54, 1.807) is 22.7 Å². The van der Waals surface area contributed by atoms with Crippen molar-refractivity contribution in [2.45, 2.75) is 39.8 Å². The Morgan fingerprint density at radius 3 is 2.93 bits per heavy atom. The predicted octanol–water partition coefficient (Wildman–Crippen LogP) is 4.05. The van der Waals surface area contributed by atoms with Gasteiger partial charge in [-0.15, -0.1) is 0 Å². The highest BCUT2D eigenvalue weighted by atomic mass is 35.5. The summed E-state index contributed by atoms with van der Waals surface area (Å²) >= 11 is 6.41. The molecule has 0 fully saturated rings. The molecule has 0 saturated carbocycles. The van der Waals surface area contributed by atoms with Crippen LogP contribution in [0.1, 0.15) is 36.6 Å². The first-order valence-electron chi connectivity index (χ1n) is 9.04. The van der Waals surface area contributed by atoms with E-state index >= 15 is 0 Å². The molecule has 1 amide bonds. The highest BCUT2D eigenvalue weighted by molar-refractivity contribution is 6.31. The second-order valence-corrected chi connectivity index (χ2v) is 6.94.